The molecule has 2 nitrogen and oxygen atoms in total. The molecule has 1 fully saturated rings. The van der Waals surface area contributed by atoms with Crippen LogP contribution in [-0.4, -0.2) is 12.6 Å². The van der Waals surface area contributed by atoms with Gasteiger partial charge in [-0.2, -0.15) is 0 Å². The molecule has 0 spiro atoms. The van der Waals surface area contributed by atoms with Gasteiger partial charge >= 0.3 is 5.97 Å². The predicted molar refractivity (Wildman–Crippen MR) is 67.7 cm³/mol. The lowest BCUT2D eigenvalue weighted by molar-refractivity contribution is -0.144. The highest BCUT2D eigenvalue weighted by atomic mass is 19.1. The number of hydrogen-bond acceptors (Lipinski definition) is 2. The van der Waals surface area contributed by atoms with Gasteiger partial charge in [-0.1, -0.05) is 32.0 Å². The third-order valence-electron chi connectivity index (χ3n) is 3.64. The van der Waals surface area contributed by atoms with Gasteiger partial charge in [0.15, 0.2) is 0 Å². The normalized spacial score (nSPS) is 23.5. The van der Waals surface area contributed by atoms with Crippen LogP contribution >= 0.6 is 0 Å². The molecular weight excluding hydrogens is 231 g/mol. The van der Waals surface area contributed by atoms with E-state index in [1.54, 1.807) is 18.2 Å². The molecule has 0 saturated heterocycles. The summed E-state index contributed by atoms with van der Waals surface area (Å²) in [4.78, 5) is 11.6. The van der Waals surface area contributed by atoms with Crippen LogP contribution in [0.4, 0.5) is 4.39 Å². The average Bonchev–Trinajstić information content (AvgIpc) is 3.03. The first kappa shape index (κ1) is 13.1. The highest BCUT2D eigenvalue weighted by Crippen LogP contribution is 2.37. The second-order valence-corrected chi connectivity index (χ2v) is 5.28. The summed E-state index contributed by atoms with van der Waals surface area (Å²) in [5.74, 6) is 0.591. The summed E-state index contributed by atoms with van der Waals surface area (Å²) < 4.78 is 18.7. The summed E-state index contributed by atoms with van der Waals surface area (Å²) in [7, 11) is 0. The zero-order valence-electron chi connectivity index (χ0n) is 10.9. The van der Waals surface area contributed by atoms with Crippen molar-refractivity contribution < 1.29 is 13.9 Å². The number of rotatable bonds is 5. The van der Waals surface area contributed by atoms with Crippen molar-refractivity contribution in [3.63, 3.8) is 0 Å². The molecule has 3 unspecified atom stereocenters. The maximum atomic E-state index is 13.5. The zero-order chi connectivity index (χ0) is 13.1. The summed E-state index contributed by atoms with van der Waals surface area (Å²) in [5, 5.41) is 0. The molecule has 98 valence electrons. The second kappa shape index (κ2) is 5.51. The SMILES string of the molecule is CC(CC(=O)OCC1CC1C)c1ccccc1F. The molecule has 0 amide bonds. The fraction of sp³-hybridized carbons (Fsp3) is 0.533. The largest absolute Gasteiger partial charge is 0.465 e. The van der Waals surface area contributed by atoms with E-state index < -0.39 is 0 Å². The first-order valence-electron chi connectivity index (χ1n) is 6.48. The Morgan fingerprint density at radius 1 is 1.50 bits per heavy atom. The maximum Gasteiger partial charge on any atom is 0.306 e. The van der Waals surface area contributed by atoms with E-state index in [0.29, 0.717) is 24.0 Å². The zero-order valence-corrected chi connectivity index (χ0v) is 10.9. The van der Waals surface area contributed by atoms with Crippen molar-refractivity contribution in [2.75, 3.05) is 6.61 Å². The molecule has 1 aromatic rings. The van der Waals surface area contributed by atoms with Crippen LogP contribution in [0.2, 0.25) is 0 Å². The smallest absolute Gasteiger partial charge is 0.306 e. The van der Waals surface area contributed by atoms with Crippen LogP contribution < -0.4 is 0 Å². The quantitative estimate of drug-likeness (QED) is 0.747. The van der Waals surface area contributed by atoms with Crippen molar-refractivity contribution in [2.24, 2.45) is 11.8 Å². The fourth-order valence-corrected chi connectivity index (χ4v) is 2.12. The van der Waals surface area contributed by atoms with Crippen molar-refractivity contribution in [3.05, 3.63) is 35.6 Å². The molecule has 0 bridgehead atoms. The number of carbonyl (C=O) groups excluding carboxylic acids is 1. The lowest BCUT2D eigenvalue weighted by atomic mass is 9.97. The lowest BCUT2D eigenvalue weighted by Crippen LogP contribution is -2.11. The van der Waals surface area contributed by atoms with Gasteiger partial charge in [-0.05, 0) is 35.8 Å². The molecule has 0 radical (unpaired) electrons. The molecule has 18 heavy (non-hydrogen) atoms. The van der Waals surface area contributed by atoms with Crippen molar-refractivity contribution in [3.8, 4) is 0 Å². The standard InChI is InChI=1S/C15H19FO2/c1-10-7-12(10)9-18-15(17)8-11(2)13-5-3-4-6-14(13)16/h3-6,10-12H,7-9H2,1-2H3. The molecule has 3 heteroatoms. The minimum atomic E-state index is -0.256. The van der Waals surface area contributed by atoms with Gasteiger partial charge in [-0.25, -0.2) is 4.39 Å². The van der Waals surface area contributed by atoms with Crippen LogP contribution in [0.3, 0.4) is 0 Å². The van der Waals surface area contributed by atoms with Crippen LogP contribution in [-0.2, 0) is 9.53 Å². The van der Waals surface area contributed by atoms with Crippen LogP contribution in [0.25, 0.3) is 0 Å². The Morgan fingerprint density at radius 3 is 2.78 bits per heavy atom. The van der Waals surface area contributed by atoms with E-state index >= 15 is 0 Å². The molecule has 2 rings (SSSR count). The maximum absolute atomic E-state index is 13.5. The molecule has 3 atom stereocenters. The molecule has 1 saturated carbocycles. The van der Waals surface area contributed by atoms with Gasteiger partial charge in [0.05, 0.1) is 13.0 Å². The first-order chi connectivity index (χ1) is 8.58. The topological polar surface area (TPSA) is 26.3 Å². The van der Waals surface area contributed by atoms with Crippen LogP contribution in [0.1, 0.15) is 38.2 Å². The van der Waals surface area contributed by atoms with Crippen molar-refractivity contribution in [2.45, 2.75) is 32.6 Å². The van der Waals surface area contributed by atoms with Crippen LogP contribution in [0.15, 0.2) is 24.3 Å². The molecule has 0 aliphatic heterocycles. The lowest BCUT2D eigenvalue weighted by Gasteiger charge is -2.12. The van der Waals surface area contributed by atoms with E-state index in [4.69, 9.17) is 4.74 Å². The summed E-state index contributed by atoms with van der Waals surface area (Å²) >= 11 is 0. The van der Waals surface area contributed by atoms with E-state index in [9.17, 15) is 9.18 Å². The van der Waals surface area contributed by atoms with Gasteiger partial charge in [-0.3, -0.25) is 4.79 Å². The number of carbonyl (C=O) groups is 1. The van der Waals surface area contributed by atoms with Gasteiger partial charge < -0.3 is 4.74 Å². The summed E-state index contributed by atoms with van der Waals surface area (Å²) in [6.45, 7) is 4.52. The highest BCUT2D eigenvalue weighted by molar-refractivity contribution is 5.70. The molecule has 1 aliphatic rings. The number of halogens is 1. The van der Waals surface area contributed by atoms with Crippen molar-refractivity contribution in [1.29, 1.82) is 0 Å². The summed E-state index contributed by atoms with van der Waals surface area (Å²) in [6.07, 6.45) is 1.39. The first-order valence-corrected chi connectivity index (χ1v) is 6.48. The highest BCUT2D eigenvalue weighted by Gasteiger charge is 2.33. The Morgan fingerprint density at radius 2 is 2.17 bits per heavy atom. The Hall–Kier alpha value is -1.38. The molecule has 0 N–H and O–H groups in total. The van der Waals surface area contributed by atoms with Crippen LogP contribution in [0, 0.1) is 17.7 Å². The van der Waals surface area contributed by atoms with Crippen LogP contribution in [0.5, 0.6) is 0 Å². The summed E-state index contributed by atoms with van der Waals surface area (Å²) in [6, 6.07) is 6.57. The Balaban J connectivity index is 1.81. The molecule has 0 aromatic heterocycles. The molecular formula is C15H19FO2. The average molecular weight is 250 g/mol. The van der Waals surface area contributed by atoms with Gasteiger partial charge in [0, 0.05) is 0 Å². The minimum absolute atomic E-state index is 0.143. The van der Waals surface area contributed by atoms with E-state index in [0.717, 1.165) is 6.42 Å². The number of benzene rings is 1. The van der Waals surface area contributed by atoms with E-state index in [2.05, 4.69) is 6.92 Å². The Kier molecular flexibility index (Phi) is 4.00. The van der Waals surface area contributed by atoms with Gasteiger partial charge in [0.25, 0.3) is 0 Å². The van der Waals surface area contributed by atoms with Gasteiger partial charge in [0.2, 0.25) is 0 Å². The van der Waals surface area contributed by atoms with E-state index in [1.165, 1.54) is 6.07 Å². The molecule has 1 aliphatic carbocycles. The summed E-state index contributed by atoms with van der Waals surface area (Å²) in [5.41, 5.74) is 0.578. The fourth-order valence-electron chi connectivity index (χ4n) is 2.12. The van der Waals surface area contributed by atoms with Gasteiger partial charge in [-0.15, -0.1) is 0 Å². The van der Waals surface area contributed by atoms with E-state index in [1.807, 2.05) is 6.92 Å². The van der Waals surface area contributed by atoms with Gasteiger partial charge in [0.1, 0.15) is 5.82 Å². The van der Waals surface area contributed by atoms with Crippen molar-refractivity contribution in [1.82, 2.24) is 0 Å². The number of esters is 1. The minimum Gasteiger partial charge on any atom is -0.465 e. The molecule has 1 aromatic carbocycles. The third-order valence-corrected chi connectivity index (χ3v) is 3.64. The van der Waals surface area contributed by atoms with E-state index in [-0.39, 0.29) is 24.1 Å². The Labute approximate surface area is 107 Å². The predicted octanol–water partition coefficient (Wildman–Crippen LogP) is 3.52. The second-order valence-electron chi connectivity index (χ2n) is 5.28. The monoisotopic (exact) mass is 250 g/mol. The number of ether oxygens (including phenoxy) is 1. The Bertz CT molecular complexity index is 430. The molecule has 0 heterocycles. The van der Waals surface area contributed by atoms with Crippen molar-refractivity contribution >= 4 is 5.97 Å². The third kappa shape index (κ3) is 3.31. The number of hydrogen-bond donors (Lipinski definition) is 0.